The monoisotopic (exact) mass is 237 g/mol. The Balaban J connectivity index is 4.39. The van der Waals surface area contributed by atoms with Gasteiger partial charge < -0.3 is 5.11 Å². The highest BCUT2D eigenvalue weighted by Crippen LogP contribution is 2.08. The summed E-state index contributed by atoms with van der Waals surface area (Å²) in [6.45, 7) is 3.34. The number of carbonyl (C=O) groups is 1. The van der Waals surface area contributed by atoms with Crippen molar-refractivity contribution < 1.29 is 18.3 Å². The molecule has 1 unspecified atom stereocenters. The van der Waals surface area contributed by atoms with Crippen LogP contribution in [0.3, 0.4) is 0 Å². The van der Waals surface area contributed by atoms with E-state index in [4.69, 9.17) is 5.11 Å². The lowest BCUT2D eigenvalue weighted by Gasteiger charge is -2.20. The molecule has 0 spiro atoms. The Morgan fingerprint density at radius 1 is 1.40 bits per heavy atom. The number of unbranched alkanes of at least 4 members (excludes halogenated alkanes) is 2. The van der Waals surface area contributed by atoms with Crippen molar-refractivity contribution >= 4 is 16.0 Å². The van der Waals surface area contributed by atoms with Crippen molar-refractivity contribution in [3.63, 3.8) is 0 Å². The van der Waals surface area contributed by atoms with Crippen LogP contribution in [0.5, 0.6) is 0 Å². The second-order valence-electron chi connectivity index (χ2n) is 3.55. The highest BCUT2D eigenvalue weighted by atomic mass is 32.2. The molecule has 0 saturated carbocycles. The van der Waals surface area contributed by atoms with E-state index in [1.54, 1.807) is 0 Å². The molecular weight excluding hydrogens is 218 g/mol. The fraction of sp³-hybridized carbons (Fsp3) is 0.889. The van der Waals surface area contributed by atoms with Gasteiger partial charge in [0.15, 0.2) is 0 Å². The van der Waals surface area contributed by atoms with E-state index in [0.29, 0.717) is 6.42 Å². The minimum atomic E-state index is -3.42. The average Bonchev–Trinajstić information content (AvgIpc) is 2.15. The van der Waals surface area contributed by atoms with Crippen molar-refractivity contribution in [1.29, 1.82) is 0 Å². The molecule has 0 aromatic carbocycles. The number of carboxylic acid groups (broad SMARTS) is 1. The van der Waals surface area contributed by atoms with Gasteiger partial charge >= 0.3 is 5.97 Å². The molecule has 0 rings (SSSR count). The fourth-order valence-electron chi connectivity index (χ4n) is 1.07. The van der Waals surface area contributed by atoms with Crippen LogP contribution < -0.4 is 0 Å². The molecule has 0 radical (unpaired) electrons. The summed E-state index contributed by atoms with van der Waals surface area (Å²) in [6.07, 6.45) is 2.36. The summed E-state index contributed by atoms with van der Waals surface area (Å²) in [5, 5.41) is 8.68. The number of hydrogen-bond donors (Lipinski definition) is 1. The van der Waals surface area contributed by atoms with Crippen LogP contribution >= 0.6 is 0 Å². The molecule has 0 amide bonds. The number of sulfonamides is 1. The molecule has 1 N–H and O–H groups in total. The SMILES string of the molecule is CCCCCS(=O)(=O)N(C)C(C)C(=O)O. The van der Waals surface area contributed by atoms with Crippen LogP contribution in [0.1, 0.15) is 33.1 Å². The first-order valence-corrected chi connectivity index (χ1v) is 6.62. The predicted octanol–water partition coefficient (Wildman–Crippen LogP) is 0.911. The number of aliphatic carboxylic acids is 1. The minimum Gasteiger partial charge on any atom is -0.480 e. The van der Waals surface area contributed by atoms with E-state index in [2.05, 4.69) is 0 Å². The first-order chi connectivity index (χ1) is 6.83. The van der Waals surface area contributed by atoms with E-state index in [9.17, 15) is 13.2 Å². The lowest BCUT2D eigenvalue weighted by atomic mass is 10.3. The van der Waals surface area contributed by atoms with E-state index in [1.165, 1.54) is 14.0 Å². The third-order valence-corrected chi connectivity index (χ3v) is 4.35. The van der Waals surface area contributed by atoms with Crippen LogP contribution in [0, 0.1) is 0 Å². The van der Waals surface area contributed by atoms with Gasteiger partial charge in [-0.05, 0) is 13.3 Å². The maximum atomic E-state index is 11.6. The van der Waals surface area contributed by atoms with Crippen molar-refractivity contribution in [3.8, 4) is 0 Å². The van der Waals surface area contributed by atoms with Gasteiger partial charge in [-0.3, -0.25) is 4.79 Å². The zero-order valence-corrected chi connectivity index (χ0v) is 10.2. The lowest BCUT2D eigenvalue weighted by molar-refractivity contribution is -0.140. The van der Waals surface area contributed by atoms with Gasteiger partial charge in [0.05, 0.1) is 5.75 Å². The molecule has 0 aliphatic rings. The number of carboxylic acids is 1. The summed E-state index contributed by atoms with van der Waals surface area (Å²) in [6, 6.07) is -1.00. The number of likely N-dealkylation sites (N-methyl/N-ethyl adjacent to an activating group) is 1. The molecule has 0 fully saturated rings. The van der Waals surface area contributed by atoms with Crippen molar-refractivity contribution in [1.82, 2.24) is 4.31 Å². The fourth-order valence-corrected chi connectivity index (χ4v) is 2.50. The Labute approximate surface area is 91.1 Å². The molecule has 0 bridgehead atoms. The largest absolute Gasteiger partial charge is 0.480 e. The van der Waals surface area contributed by atoms with Crippen LogP contribution in [-0.4, -0.2) is 42.6 Å². The molecular formula is C9H19NO4S. The van der Waals surface area contributed by atoms with Gasteiger partial charge in [-0.2, -0.15) is 4.31 Å². The molecule has 0 aromatic rings. The first-order valence-electron chi connectivity index (χ1n) is 5.01. The molecule has 15 heavy (non-hydrogen) atoms. The Bertz CT molecular complexity index is 299. The van der Waals surface area contributed by atoms with Gasteiger partial charge in [0.25, 0.3) is 0 Å². The van der Waals surface area contributed by atoms with Crippen molar-refractivity contribution in [2.75, 3.05) is 12.8 Å². The minimum absolute atomic E-state index is 0.0228. The third kappa shape index (κ3) is 4.61. The van der Waals surface area contributed by atoms with Crippen LogP contribution in [0.15, 0.2) is 0 Å². The molecule has 0 aliphatic heterocycles. The molecule has 0 saturated heterocycles. The topological polar surface area (TPSA) is 74.7 Å². The van der Waals surface area contributed by atoms with E-state index in [-0.39, 0.29) is 5.75 Å². The van der Waals surface area contributed by atoms with E-state index >= 15 is 0 Å². The van der Waals surface area contributed by atoms with E-state index < -0.39 is 22.0 Å². The highest BCUT2D eigenvalue weighted by Gasteiger charge is 2.27. The summed E-state index contributed by atoms with van der Waals surface area (Å²) in [4.78, 5) is 10.6. The standard InChI is InChI=1S/C9H19NO4S/c1-4-5-6-7-15(13,14)10(3)8(2)9(11)12/h8H,4-7H2,1-3H3,(H,11,12). The van der Waals surface area contributed by atoms with E-state index in [0.717, 1.165) is 17.1 Å². The second kappa shape index (κ2) is 6.07. The van der Waals surface area contributed by atoms with Gasteiger partial charge in [-0.15, -0.1) is 0 Å². The van der Waals surface area contributed by atoms with Crippen LogP contribution in [-0.2, 0) is 14.8 Å². The van der Waals surface area contributed by atoms with Gasteiger partial charge in [0.1, 0.15) is 6.04 Å². The van der Waals surface area contributed by atoms with Crippen molar-refractivity contribution in [3.05, 3.63) is 0 Å². The Kier molecular flexibility index (Phi) is 5.82. The summed E-state index contributed by atoms with van der Waals surface area (Å²) in [7, 11) is -2.12. The lowest BCUT2D eigenvalue weighted by Crippen LogP contribution is -2.41. The Morgan fingerprint density at radius 2 is 1.93 bits per heavy atom. The van der Waals surface area contributed by atoms with Crippen molar-refractivity contribution in [2.24, 2.45) is 0 Å². The number of hydrogen-bond acceptors (Lipinski definition) is 3. The second-order valence-corrected chi connectivity index (χ2v) is 5.70. The van der Waals surface area contributed by atoms with Gasteiger partial charge in [-0.25, -0.2) is 8.42 Å². The summed E-state index contributed by atoms with van der Waals surface area (Å²) in [5.41, 5.74) is 0. The Morgan fingerprint density at radius 3 is 2.33 bits per heavy atom. The van der Waals surface area contributed by atoms with Gasteiger partial charge in [0.2, 0.25) is 10.0 Å². The van der Waals surface area contributed by atoms with E-state index in [1.807, 2.05) is 6.92 Å². The normalized spacial score (nSPS) is 14.1. The molecule has 6 heteroatoms. The number of rotatable bonds is 7. The quantitative estimate of drug-likeness (QED) is 0.668. The maximum Gasteiger partial charge on any atom is 0.321 e. The molecule has 1 atom stereocenters. The predicted molar refractivity (Wildman–Crippen MR) is 58.2 cm³/mol. The molecule has 0 aromatic heterocycles. The summed E-state index contributed by atoms with van der Waals surface area (Å²) >= 11 is 0. The first kappa shape index (κ1) is 14.4. The zero-order chi connectivity index (χ0) is 12.1. The van der Waals surface area contributed by atoms with Crippen LogP contribution in [0.4, 0.5) is 0 Å². The van der Waals surface area contributed by atoms with Crippen LogP contribution in [0.25, 0.3) is 0 Å². The zero-order valence-electron chi connectivity index (χ0n) is 9.43. The van der Waals surface area contributed by atoms with Gasteiger partial charge in [-0.1, -0.05) is 19.8 Å². The van der Waals surface area contributed by atoms with Gasteiger partial charge in [0, 0.05) is 7.05 Å². The maximum absolute atomic E-state index is 11.6. The molecule has 5 nitrogen and oxygen atoms in total. The van der Waals surface area contributed by atoms with Crippen LogP contribution in [0.2, 0.25) is 0 Å². The number of nitrogens with zero attached hydrogens (tertiary/aromatic N) is 1. The third-order valence-electron chi connectivity index (χ3n) is 2.35. The Hall–Kier alpha value is -0.620. The summed E-state index contributed by atoms with van der Waals surface area (Å²) < 4.78 is 24.1. The average molecular weight is 237 g/mol. The molecule has 90 valence electrons. The smallest absolute Gasteiger partial charge is 0.321 e. The van der Waals surface area contributed by atoms with Crippen molar-refractivity contribution in [2.45, 2.75) is 39.2 Å². The molecule has 0 heterocycles. The highest BCUT2D eigenvalue weighted by molar-refractivity contribution is 7.89. The molecule has 0 aliphatic carbocycles. The summed E-state index contributed by atoms with van der Waals surface area (Å²) in [5.74, 6) is -1.11.